The molecule has 1 aromatic rings. The van der Waals surface area contributed by atoms with Crippen LogP contribution in [0.4, 0.5) is 0 Å². The average Bonchev–Trinajstić information content (AvgIpc) is 2.33. The lowest BCUT2D eigenvalue weighted by Crippen LogP contribution is -2.34. The van der Waals surface area contributed by atoms with Crippen molar-refractivity contribution in [3.05, 3.63) is 28.2 Å². The minimum atomic E-state index is -0.101. The van der Waals surface area contributed by atoms with Crippen LogP contribution in [0.5, 0.6) is 5.75 Å². The van der Waals surface area contributed by atoms with Crippen LogP contribution in [0, 0.1) is 0 Å². The number of aliphatic hydroxyl groups is 1. The second-order valence-corrected chi connectivity index (χ2v) is 5.53. The second-order valence-electron chi connectivity index (χ2n) is 4.67. The Morgan fingerprint density at radius 1 is 1.24 bits per heavy atom. The van der Waals surface area contributed by atoms with E-state index in [2.05, 4.69) is 21.2 Å². The molecule has 1 fully saturated rings. The van der Waals surface area contributed by atoms with E-state index in [1.165, 1.54) is 0 Å². The van der Waals surface area contributed by atoms with Gasteiger partial charge < -0.3 is 15.5 Å². The van der Waals surface area contributed by atoms with Gasteiger partial charge in [-0.25, -0.2) is 0 Å². The molecule has 1 aliphatic carbocycles. The van der Waals surface area contributed by atoms with E-state index in [4.69, 9.17) is 0 Å². The Balaban J connectivity index is 1.83. The lowest BCUT2D eigenvalue weighted by atomic mass is 9.93. The van der Waals surface area contributed by atoms with Gasteiger partial charge in [-0.2, -0.15) is 0 Å². The van der Waals surface area contributed by atoms with Gasteiger partial charge in [0.1, 0.15) is 5.75 Å². The first-order valence-electron chi connectivity index (χ1n) is 6.04. The van der Waals surface area contributed by atoms with Crippen molar-refractivity contribution in [2.45, 2.75) is 44.4 Å². The van der Waals surface area contributed by atoms with Crippen LogP contribution in [0.2, 0.25) is 0 Å². The molecule has 1 saturated carbocycles. The minimum absolute atomic E-state index is 0.101. The first-order valence-corrected chi connectivity index (χ1v) is 6.83. The third-order valence-electron chi connectivity index (χ3n) is 3.30. The van der Waals surface area contributed by atoms with E-state index in [9.17, 15) is 10.2 Å². The summed E-state index contributed by atoms with van der Waals surface area (Å²) in [7, 11) is 0. The van der Waals surface area contributed by atoms with Gasteiger partial charge >= 0.3 is 0 Å². The van der Waals surface area contributed by atoms with E-state index in [1.54, 1.807) is 6.07 Å². The van der Waals surface area contributed by atoms with Crippen molar-refractivity contribution < 1.29 is 10.2 Å². The van der Waals surface area contributed by atoms with E-state index in [-0.39, 0.29) is 11.9 Å². The molecule has 3 nitrogen and oxygen atoms in total. The Hall–Kier alpha value is -0.580. The lowest BCUT2D eigenvalue weighted by Gasteiger charge is -2.26. The molecule has 0 aromatic heterocycles. The summed E-state index contributed by atoms with van der Waals surface area (Å²) in [5.41, 5.74) is 1.15. The first-order chi connectivity index (χ1) is 8.15. The monoisotopic (exact) mass is 299 g/mol. The molecule has 94 valence electrons. The molecule has 0 amide bonds. The fourth-order valence-electron chi connectivity index (χ4n) is 2.20. The minimum Gasteiger partial charge on any atom is -0.507 e. The molecule has 0 aliphatic heterocycles. The predicted octanol–water partition coefficient (Wildman–Crippen LogP) is 2.55. The Morgan fingerprint density at radius 3 is 2.59 bits per heavy atom. The number of hydrogen-bond acceptors (Lipinski definition) is 3. The maximum absolute atomic E-state index is 9.42. The highest BCUT2D eigenvalue weighted by Crippen LogP contribution is 2.24. The zero-order chi connectivity index (χ0) is 12.3. The standard InChI is InChI=1S/C13H18BrNO2/c14-12-7-9(1-6-13(12)17)8-15-10-2-4-11(16)5-3-10/h1,6-7,10-11,15-17H,2-5,8H2/t10-,11-. The van der Waals surface area contributed by atoms with E-state index in [1.807, 2.05) is 12.1 Å². The largest absolute Gasteiger partial charge is 0.507 e. The van der Waals surface area contributed by atoms with Crippen molar-refractivity contribution in [3.63, 3.8) is 0 Å². The first kappa shape index (κ1) is 12.9. The maximum Gasteiger partial charge on any atom is 0.129 e. The molecule has 0 heterocycles. The highest BCUT2D eigenvalue weighted by Gasteiger charge is 2.18. The number of aliphatic hydroxyl groups excluding tert-OH is 1. The molecule has 2 rings (SSSR count). The Morgan fingerprint density at radius 2 is 1.94 bits per heavy atom. The van der Waals surface area contributed by atoms with Crippen LogP contribution in [-0.4, -0.2) is 22.4 Å². The summed E-state index contributed by atoms with van der Waals surface area (Å²) in [6.07, 6.45) is 3.78. The molecule has 0 radical (unpaired) electrons. The molecule has 1 aromatic carbocycles. The molecular weight excluding hydrogens is 282 g/mol. The molecular formula is C13H18BrNO2. The highest BCUT2D eigenvalue weighted by molar-refractivity contribution is 9.10. The van der Waals surface area contributed by atoms with Gasteiger partial charge in [0.05, 0.1) is 10.6 Å². The zero-order valence-electron chi connectivity index (χ0n) is 9.69. The van der Waals surface area contributed by atoms with Gasteiger partial charge in [-0.15, -0.1) is 0 Å². The Kier molecular flexibility index (Phi) is 4.42. The zero-order valence-corrected chi connectivity index (χ0v) is 11.3. The molecule has 0 saturated heterocycles. The fraction of sp³-hybridized carbons (Fsp3) is 0.538. The lowest BCUT2D eigenvalue weighted by molar-refractivity contribution is 0.116. The number of phenols is 1. The Labute approximate surface area is 110 Å². The smallest absolute Gasteiger partial charge is 0.129 e. The normalized spacial score (nSPS) is 24.8. The van der Waals surface area contributed by atoms with Crippen molar-refractivity contribution in [2.75, 3.05) is 0 Å². The summed E-state index contributed by atoms with van der Waals surface area (Å²) in [6.45, 7) is 0.805. The van der Waals surface area contributed by atoms with E-state index in [0.29, 0.717) is 6.04 Å². The summed E-state index contributed by atoms with van der Waals surface area (Å²) in [5, 5.41) is 22.3. The van der Waals surface area contributed by atoms with E-state index >= 15 is 0 Å². The van der Waals surface area contributed by atoms with Crippen LogP contribution in [0.1, 0.15) is 31.2 Å². The van der Waals surface area contributed by atoms with E-state index in [0.717, 1.165) is 42.3 Å². The highest BCUT2D eigenvalue weighted by atomic mass is 79.9. The molecule has 0 bridgehead atoms. The molecule has 1 aliphatic rings. The summed E-state index contributed by atoms with van der Waals surface area (Å²) < 4.78 is 0.732. The molecule has 17 heavy (non-hydrogen) atoms. The number of aromatic hydroxyl groups is 1. The predicted molar refractivity (Wildman–Crippen MR) is 70.9 cm³/mol. The number of hydrogen-bond donors (Lipinski definition) is 3. The van der Waals surface area contributed by atoms with Crippen molar-refractivity contribution in [2.24, 2.45) is 0 Å². The van der Waals surface area contributed by atoms with Crippen molar-refractivity contribution >= 4 is 15.9 Å². The van der Waals surface area contributed by atoms with Crippen LogP contribution in [0.15, 0.2) is 22.7 Å². The van der Waals surface area contributed by atoms with Crippen LogP contribution >= 0.6 is 15.9 Å². The van der Waals surface area contributed by atoms with Crippen LogP contribution < -0.4 is 5.32 Å². The van der Waals surface area contributed by atoms with Gasteiger partial charge in [-0.1, -0.05) is 6.07 Å². The SMILES string of the molecule is Oc1ccc(CN[C@H]2CC[C@H](O)CC2)cc1Br. The van der Waals surface area contributed by atoms with Crippen LogP contribution in [-0.2, 0) is 6.54 Å². The summed E-state index contributed by atoms with van der Waals surface area (Å²) in [6, 6.07) is 6.06. The van der Waals surface area contributed by atoms with Gasteiger partial charge in [0, 0.05) is 12.6 Å². The van der Waals surface area contributed by atoms with E-state index < -0.39 is 0 Å². The van der Waals surface area contributed by atoms with Gasteiger partial charge in [0.2, 0.25) is 0 Å². The molecule has 4 heteroatoms. The van der Waals surface area contributed by atoms with Crippen LogP contribution in [0.25, 0.3) is 0 Å². The third kappa shape index (κ3) is 3.69. The number of phenolic OH excluding ortho intramolecular Hbond substituents is 1. The maximum atomic E-state index is 9.42. The summed E-state index contributed by atoms with van der Waals surface area (Å²) >= 11 is 3.31. The molecule has 0 spiro atoms. The third-order valence-corrected chi connectivity index (χ3v) is 3.94. The number of rotatable bonds is 3. The van der Waals surface area contributed by atoms with Crippen molar-refractivity contribution in [1.82, 2.24) is 5.32 Å². The van der Waals surface area contributed by atoms with Crippen LogP contribution in [0.3, 0.4) is 0 Å². The quantitative estimate of drug-likeness (QED) is 0.804. The molecule has 0 atom stereocenters. The second kappa shape index (κ2) is 5.85. The van der Waals surface area contributed by atoms with Crippen molar-refractivity contribution in [1.29, 1.82) is 0 Å². The number of halogens is 1. The van der Waals surface area contributed by atoms with Gasteiger partial charge in [-0.3, -0.25) is 0 Å². The molecule has 0 unspecified atom stereocenters. The fourth-order valence-corrected chi connectivity index (χ4v) is 2.63. The summed E-state index contributed by atoms with van der Waals surface area (Å²) in [4.78, 5) is 0. The van der Waals surface area contributed by atoms with Gasteiger partial charge in [0.25, 0.3) is 0 Å². The van der Waals surface area contributed by atoms with Gasteiger partial charge in [0.15, 0.2) is 0 Å². The van der Waals surface area contributed by atoms with Crippen molar-refractivity contribution in [3.8, 4) is 5.75 Å². The van der Waals surface area contributed by atoms with Gasteiger partial charge in [-0.05, 0) is 59.3 Å². The Bertz CT molecular complexity index is 376. The molecule has 3 N–H and O–H groups in total. The topological polar surface area (TPSA) is 52.5 Å². The number of benzene rings is 1. The average molecular weight is 300 g/mol. The summed E-state index contributed by atoms with van der Waals surface area (Å²) in [5.74, 6) is 0.273. The number of nitrogens with one attached hydrogen (secondary N) is 1.